The largest absolute Gasteiger partial charge is 0.490 e. The van der Waals surface area contributed by atoms with E-state index >= 15 is 0 Å². The zero-order chi connectivity index (χ0) is 12.3. The Balaban J connectivity index is 1.70. The number of rotatable bonds is 4. The number of ether oxygens (including phenoxy) is 2. The van der Waals surface area contributed by atoms with Crippen molar-refractivity contribution >= 4 is 17.7 Å². The predicted octanol–water partition coefficient (Wildman–Crippen LogP) is 2.59. The van der Waals surface area contributed by atoms with E-state index in [-0.39, 0.29) is 6.10 Å². The number of carbonyl (C=O) groups excluding carboxylic acids is 1. The van der Waals surface area contributed by atoms with Gasteiger partial charge in [0.15, 0.2) is 0 Å². The molecular weight excluding hydrogens is 242 g/mol. The molecule has 0 radical (unpaired) electrons. The van der Waals surface area contributed by atoms with Crippen LogP contribution in [0.1, 0.15) is 12.8 Å². The Morgan fingerprint density at radius 3 is 2.59 bits per heavy atom. The lowest BCUT2D eigenvalue weighted by Crippen LogP contribution is -2.37. The van der Waals surface area contributed by atoms with Crippen LogP contribution in [0.15, 0.2) is 24.3 Å². The lowest BCUT2D eigenvalue weighted by atomic mass is 9.83. The molecule has 5 heteroatoms. The minimum absolute atomic E-state index is 0.192. The number of carbonyl (C=O) groups is 1. The van der Waals surface area contributed by atoms with Crippen molar-refractivity contribution in [2.24, 2.45) is 11.7 Å². The molecule has 0 aliphatic heterocycles. The molecule has 0 heterocycles. The van der Waals surface area contributed by atoms with E-state index in [2.05, 4.69) is 0 Å². The molecule has 17 heavy (non-hydrogen) atoms. The molecule has 1 aromatic carbocycles. The fourth-order valence-corrected chi connectivity index (χ4v) is 1.94. The summed E-state index contributed by atoms with van der Waals surface area (Å²) >= 11 is 5.77. The van der Waals surface area contributed by atoms with E-state index in [1.54, 1.807) is 12.1 Å². The van der Waals surface area contributed by atoms with Crippen molar-refractivity contribution in [2.45, 2.75) is 18.9 Å². The van der Waals surface area contributed by atoms with Gasteiger partial charge in [0.1, 0.15) is 5.75 Å². The third kappa shape index (κ3) is 3.53. The first-order valence-corrected chi connectivity index (χ1v) is 5.85. The van der Waals surface area contributed by atoms with E-state index in [4.69, 9.17) is 26.8 Å². The minimum atomic E-state index is -0.716. The highest BCUT2D eigenvalue weighted by Gasteiger charge is 2.31. The van der Waals surface area contributed by atoms with Gasteiger partial charge in [-0.05, 0) is 37.1 Å². The highest BCUT2D eigenvalue weighted by Crippen LogP contribution is 2.31. The van der Waals surface area contributed by atoms with E-state index in [1.165, 1.54) is 0 Å². The fraction of sp³-hybridized carbons (Fsp3) is 0.417. The van der Waals surface area contributed by atoms with Gasteiger partial charge in [-0.1, -0.05) is 11.6 Å². The van der Waals surface area contributed by atoms with E-state index in [0.29, 0.717) is 17.5 Å². The average molecular weight is 256 g/mol. The molecule has 2 N–H and O–H groups in total. The molecule has 92 valence electrons. The van der Waals surface area contributed by atoms with Crippen LogP contribution in [0, 0.1) is 5.92 Å². The summed E-state index contributed by atoms with van der Waals surface area (Å²) in [6.07, 6.45) is 1.25. The van der Waals surface area contributed by atoms with Gasteiger partial charge in [-0.15, -0.1) is 0 Å². The molecule has 0 spiro atoms. The second kappa shape index (κ2) is 5.27. The molecule has 2 rings (SSSR count). The second-order valence-corrected chi connectivity index (χ2v) is 4.60. The van der Waals surface area contributed by atoms with E-state index < -0.39 is 6.09 Å². The molecule has 1 aromatic rings. The van der Waals surface area contributed by atoms with Gasteiger partial charge in [0, 0.05) is 10.9 Å². The lowest BCUT2D eigenvalue weighted by molar-refractivity contribution is 0.0257. The van der Waals surface area contributed by atoms with E-state index in [1.807, 2.05) is 12.1 Å². The van der Waals surface area contributed by atoms with Crippen LogP contribution in [0.5, 0.6) is 5.75 Å². The highest BCUT2D eigenvalue weighted by molar-refractivity contribution is 6.30. The molecule has 1 amide bonds. The number of primary amides is 1. The molecule has 0 atom stereocenters. The van der Waals surface area contributed by atoms with Gasteiger partial charge in [-0.3, -0.25) is 0 Å². The molecule has 0 saturated heterocycles. The van der Waals surface area contributed by atoms with Gasteiger partial charge < -0.3 is 15.2 Å². The topological polar surface area (TPSA) is 61.6 Å². The highest BCUT2D eigenvalue weighted by atomic mass is 35.5. The SMILES string of the molecule is NC(=O)OCC1CC(Oc2ccc(Cl)cc2)C1. The Morgan fingerprint density at radius 2 is 2.00 bits per heavy atom. The van der Waals surface area contributed by atoms with Crippen molar-refractivity contribution in [3.63, 3.8) is 0 Å². The average Bonchev–Trinajstić information content (AvgIpc) is 2.23. The van der Waals surface area contributed by atoms with Crippen LogP contribution < -0.4 is 10.5 Å². The first-order chi connectivity index (χ1) is 8.13. The Morgan fingerprint density at radius 1 is 1.35 bits per heavy atom. The minimum Gasteiger partial charge on any atom is -0.490 e. The van der Waals surface area contributed by atoms with Gasteiger partial charge in [0.25, 0.3) is 0 Å². The molecule has 0 bridgehead atoms. The zero-order valence-corrected chi connectivity index (χ0v) is 10.0. The Hall–Kier alpha value is -1.42. The van der Waals surface area contributed by atoms with Crippen molar-refractivity contribution in [3.05, 3.63) is 29.3 Å². The smallest absolute Gasteiger partial charge is 0.404 e. The van der Waals surface area contributed by atoms with Crippen molar-refractivity contribution in [1.29, 1.82) is 0 Å². The first kappa shape index (κ1) is 12.0. The van der Waals surface area contributed by atoms with Crippen molar-refractivity contribution in [3.8, 4) is 5.75 Å². The quantitative estimate of drug-likeness (QED) is 0.900. The third-order valence-electron chi connectivity index (χ3n) is 2.77. The van der Waals surface area contributed by atoms with Crippen molar-refractivity contribution < 1.29 is 14.3 Å². The summed E-state index contributed by atoms with van der Waals surface area (Å²) in [6, 6.07) is 7.28. The zero-order valence-electron chi connectivity index (χ0n) is 9.27. The van der Waals surface area contributed by atoms with Crippen LogP contribution in [-0.2, 0) is 4.74 Å². The van der Waals surface area contributed by atoms with Gasteiger partial charge >= 0.3 is 6.09 Å². The first-order valence-electron chi connectivity index (χ1n) is 5.48. The molecule has 4 nitrogen and oxygen atoms in total. The summed E-state index contributed by atoms with van der Waals surface area (Å²) < 4.78 is 10.4. The fourth-order valence-electron chi connectivity index (χ4n) is 1.81. The number of benzene rings is 1. The maximum absolute atomic E-state index is 10.4. The molecule has 0 aromatic heterocycles. The summed E-state index contributed by atoms with van der Waals surface area (Å²) in [5.41, 5.74) is 4.89. The van der Waals surface area contributed by atoms with Gasteiger partial charge in [-0.2, -0.15) is 0 Å². The van der Waals surface area contributed by atoms with E-state index in [0.717, 1.165) is 18.6 Å². The predicted molar refractivity (Wildman–Crippen MR) is 64.1 cm³/mol. The van der Waals surface area contributed by atoms with Crippen LogP contribution in [0.25, 0.3) is 0 Å². The summed E-state index contributed by atoms with van der Waals surface area (Å²) in [7, 11) is 0. The summed E-state index contributed by atoms with van der Waals surface area (Å²) in [6.45, 7) is 0.385. The lowest BCUT2D eigenvalue weighted by Gasteiger charge is -2.34. The second-order valence-electron chi connectivity index (χ2n) is 4.16. The summed E-state index contributed by atoms with van der Waals surface area (Å²) in [4.78, 5) is 10.4. The number of halogens is 1. The number of amides is 1. The molecule has 1 aliphatic carbocycles. The molecule has 1 saturated carbocycles. The van der Waals surface area contributed by atoms with Gasteiger partial charge in [0.2, 0.25) is 0 Å². The van der Waals surface area contributed by atoms with Crippen molar-refractivity contribution in [1.82, 2.24) is 0 Å². The summed E-state index contributed by atoms with van der Waals surface area (Å²) in [5.74, 6) is 1.17. The van der Waals surface area contributed by atoms with Gasteiger partial charge in [-0.25, -0.2) is 4.79 Å². The van der Waals surface area contributed by atoms with Crippen LogP contribution >= 0.6 is 11.6 Å². The van der Waals surface area contributed by atoms with Crippen molar-refractivity contribution in [2.75, 3.05) is 6.61 Å². The normalized spacial score (nSPS) is 22.6. The Bertz CT molecular complexity index is 387. The number of hydrogen-bond donors (Lipinski definition) is 1. The maximum atomic E-state index is 10.4. The molecule has 0 unspecified atom stereocenters. The molecule has 1 fully saturated rings. The third-order valence-corrected chi connectivity index (χ3v) is 3.02. The summed E-state index contributed by atoms with van der Waals surface area (Å²) in [5, 5.41) is 0.693. The number of hydrogen-bond acceptors (Lipinski definition) is 3. The molecular formula is C12H14ClNO3. The number of nitrogens with two attached hydrogens (primary N) is 1. The maximum Gasteiger partial charge on any atom is 0.404 e. The van der Waals surface area contributed by atoms with Crippen LogP contribution in [-0.4, -0.2) is 18.8 Å². The Labute approximate surface area is 105 Å². The van der Waals surface area contributed by atoms with Crippen LogP contribution in [0.4, 0.5) is 4.79 Å². The van der Waals surface area contributed by atoms with E-state index in [9.17, 15) is 4.79 Å². The Kier molecular flexibility index (Phi) is 3.74. The molecule has 1 aliphatic rings. The standard InChI is InChI=1S/C12H14ClNO3/c13-9-1-3-10(4-2-9)17-11-5-8(6-11)7-16-12(14)15/h1-4,8,11H,5-7H2,(H2,14,15). The van der Waals surface area contributed by atoms with Crippen LogP contribution in [0.2, 0.25) is 5.02 Å². The van der Waals surface area contributed by atoms with Crippen LogP contribution in [0.3, 0.4) is 0 Å². The van der Waals surface area contributed by atoms with Gasteiger partial charge in [0.05, 0.1) is 12.7 Å². The monoisotopic (exact) mass is 255 g/mol.